The Morgan fingerprint density at radius 1 is 1.15 bits per heavy atom. The number of anilines is 1. The fourth-order valence-electron chi connectivity index (χ4n) is 5.21. The highest BCUT2D eigenvalue weighted by atomic mass is 16.5. The first-order valence-electron chi connectivity index (χ1n) is 11.1. The first kappa shape index (κ1) is 21.0. The molecule has 2 heterocycles. The van der Waals surface area contributed by atoms with Gasteiger partial charge < -0.3 is 10.1 Å². The lowest BCUT2D eigenvalue weighted by Gasteiger charge is -2.66. The fraction of sp³-hybridized carbons (Fsp3) is 0.400. The molecular formula is C25H25N7O. The maximum absolute atomic E-state index is 9.32. The Morgan fingerprint density at radius 3 is 2.45 bits per heavy atom. The molecule has 0 spiro atoms. The molecule has 3 fully saturated rings. The zero-order chi connectivity index (χ0) is 23.4. The molecule has 33 heavy (non-hydrogen) atoms. The van der Waals surface area contributed by atoms with Gasteiger partial charge in [-0.05, 0) is 73.9 Å². The summed E-state index contributed by atoms with van der Waals surface area (Å²) in [6, 6.07) is 8.41. The molecule has 3 aromatic rings. The second-order valence-corrected chi connectivity index (χ2v) is 9.72. The van der Waals surface area contributed by atoms with Crippen molar-refractivity contribution in [2.24, 2.45) is 5.41 Å². The highest BCUT2D eigenvalue weighted by Crippen LogP contribution is 2.67. The molecule has 2 N–H and O–H groups in total. The Hall–Kier alpha value is -3.91. The number of nitriles is 2. The summed E-state index contributed by atoms with van der Waals surface area (Å²) in [5, 5.41) is 29.9. The zero-order valence-electron chi connectivity index (χ0n) is 19.2. The van der Waals surface area contributed by atoms with Crippen molar-refractivity contribution in [3.8, 4) is 23.8 Å². The average Bonchev–Trinajstić information content (AvgIpc) is 3.15. The van der Waals surface area contributed by atoms with Crippen LogP contribution < -0.4 is 10.1 Å². The maximum Gasteiger partial charge on any atom is 0.235 e. The SMILES string of the molecule is Cc1cc(/C=C/C#N)cc(C)c1Oc1nc(NC23CC(C#N)(C2)C3)nc2n[nH]c(C(C)C)c12. The van der Waals surface area contributed by atoms with E-state index in [1.165, 1.54) is 6.08 Å². The van der Waals surface area contributed by atoms with Crippen molar-refractivity contribution < 1.29 is 4.74 Å². The van der Waals surface area contributed by atoms with E-state index in [1.807, 2.05) is 32.0 Å². The molecule has 1 aromatic carbocycles. The minimum atomic E-state index is -0.163. The van der Waals surface area contributed by atoms with Gasteiger partial charge in [0, 0.05) is 11.6 Å². The Morgan fingerprint density at radius 2 is 1.85 bits per heavy atom. The lowest BCUT2D eigenvalue weighted by Crippen LogP contribution is -2.70. The van der Waals surface area contributed by atoms with Crippen molar-refractivity contribution in [3.05, 3.63) is 40.6 Å². The van der Waals surface area contributed by atoms with Crippen molar-refractivity contribution >= 4 is 23.1 Å². The predicted octanol–water partition coefficient (Wildman–Crippen LogP) is 5.28. The number of hydrogen-bond acceptors (Lipinski definition) is 7. The Balaban J connectivity index is 1.54. The molecule has 8 nitrogen and oxygen atoms in total. The van der Waals surface area contributed by atoms with E-state index in [1.54, 1.807) is 6.08 Å². The largest absolute Gasteiger partial charge is 0.437 e. The second kappa shape index (κ2) is 7.31. The summed E-state index contributed by atoms with van der Waals surface area (Å²) < 4.78 is 6.43. The summed E-state index contributed by atoms with van der Waals surface area (Å²) in [6.45, 7) is 8.12. The van der Waals surface area contributed by atoms with E-state index in [4.69, 9.17) is 15.0 Å². The van der Waals surface area contributed by atoms with E-state index in [2.05, 4.69) is 40.4 Å². The van der Waals surface area contributed by atoms with Crippen LogP contribution in [-0.4, -0.2) is 25.7 Å². The van der Waals surface area contributed by atoms with Crippen molar-refractivity contribution in [2.45, 2.75) is 58.4 Å². The minimum absolute atomic E-state index is 0.0988. The maximum atomic E-state index is 9.32. The molecule has 2 aromatic heterocycles. The van der Waals surface area contributed by atoms with Gasteiger partial charge in [-0.25, -0.2) is 0 Å². The smallest absolute Gasteiger partial charge is 0.235 e. The second-order valence-electron chi connectivity index (χ2n) is 9.72. The number of H-pyrrole nitrogens is 1. The van der Waals surface area contributed by atoms with Crippen LogP contribution in [0.2, 0.25) is 0 Å². The van der Waals surface area contributed by atoms with Gasteiger partial charge in [0.05, 0.1) is 23.2 Å². The fourth-order valence-corrected chi connectivity index (χ4v) is 5.21. The summed E-state index contributed by atoms with van der Waals surface area (Å²) in [6.07, 6.45) is 5.70. The molecular weight excluding hydrogens is 414 g/mol. The van der Waals surface area contributed by atoms with Crippen LogP contribution in [-0.2, 0) is 0 Å². The summed E-state index contributed by atoms with van der Waals surface area (Å²) >= 11 is 0. The number of nitrogens with one attached hydrogen (secondary N) is 2. The number of benzene rings is 1. The highest BCUT2D eigenvalue weighted by molar-refractivity contribution is 5.85. The van der Waals surface area contributed by atoms with Gasteiger partial charge in [-0.1, -0.05) is 13.8 Å². The highest BCUT2D eigenvalue weighted by Gasteiger charge is 2.69. The molecule has 3 aliphatic rings. The molecule has 3 aliphatic carbocycles. The molecule has 6 rings (SSSR count). The minimum Gasteiger partial charge on any atom is -0.437 e. The molecule has 8 heteroatoms. The Kier molecular flexibility index (Phi) is 4.65. The van der Waals surface area contributed by atoms with Crippen LogP contribution in [0, 0.1) is 41.9 Å². The lowest BCUT2D eigenvalue weighted by molar-refractivity contribution is -0.0665. The van der Waals surface area contributed by atoms with Gasteiger partial charge in [0.1, 0.15) is 11.1 Å². The van der Waals surface area contributed by atoms with Crippen molar-refractivity contribution in [2.75, 3.05) is 5.32 Å². The summed E-state index contributed by atoms with van der Waals surface area (Å²) in [7, 11) is 0. The van der Waals surface area contributed by atoms with Gasteiger partial charge in [-0.2, -0.15) is 25.6 Å². The standard InChI is InChI=1S/C25H25N7O/c1-14(2)19-18-21(32-31-19)28-23(30-25-10-24(11-25,12-25)13-27)29-22(18)33-20-15(3)8-17(6-5-7-26)9-16(20)4/h5-6,8-9,14H,10-12H2,1-4H3,(H2,28,29,30,31,32)/b6-5+. The summed E-state index contributed by atoms with van der Waals surface area (Å²) in [5.74, 6) is 1.83. The molecule has 0 amide bonds. The number of ether oxygens (including phenoxy) is 1. The van der Waals surface area contributed by atoms with E-state index in [-0.39, 0.29) is 16.9 Å². The Bertz CT molecular complexity index is 1340. The van der Waals surface area contributed by atoms with Crippen LogP contribution in [0.1, 0.15) is 61.4 Å². The number of fused-ring (bicyclic) bond motifs is 1. The normalized spacial score (nSPS) is 23.1. The molecule has 3 saturated carbocycles. The van der Waals surface area contributed by atoms with Crippen molar-refractivity contribution in [3.63, 3.8) is 0 Å². The lowest BCUT2D eigenvalue weighted by atomic mass is 9.40. The zero-order valence-corrected chi connectivity index (χ0v) is 19.2. The third-order valence-electron chi connectivity index (χ3n) is 6.66. The van der Waals surface area contributed by atoms with Crippen molar-refractivity contribution in [1.82, 2.24) is 20.2 Å². The number of nitrogens with zero attached hydrogens (tertiary/aromatic N) is 5. The van der Waals surface area contributed by atoms with E-state index in [9.17, 15) is 5.26 Å². The first-order valence-corrected chi connectivity index (χ1v) is 11.1. The number of hydrogen-bond donors (Lipinski definition) is 2. The van der Waals surface area contributed by atoms with Crippen LogP contribution in [0.4, 0.5) is 5.95 Å². The van der Waals surface area contributed by atoms with Gasteiger partial charge >= 0.3 is 0 Å². The topological polar surface area (TPSA) is 123 Å². The molecule has 0 aliphatic heterocycles. The van der Waals surface area contributed by atoms with Gasteiger partial charge in [0.2, 0.25) is 11.8 Å². The van der Waals surface area contributed by atoms with E-state index in [0.717, 1.165) is 52.8 Å². The number of allylic oxidation sites excluding steroid dienone is 1. The quantitative estimate of drug-likeness (QED) is 0.501. The van der Waals surface area contributed by atoms with Crippen LogP contribution in [0.15, 0.2) is 18.2 Å². The summed E-state index contributed by atoms with van der Waals surface area (Å²) in [5.41, 5.74) is 4.04. The van der Waals surface area contributed by atoms with Crippen LogP contribution >= 0.6 is 0 Å². The molecule has 0 atom stereocenters. The Labute approximate surface area is 192 Å². The van der Waals surface area contributed by atoms with Crippen LogP contribution in [0.5, 0.6) is 11.6 Å². The van der Waals surface area contributed by atoms with E-state index >= 15 is 0 Å². The molecule has 2 bridgehead atoms. The third-order valence-corrected chi connectivity index (χ3v) is 6.66. The molecule has 166 valence electrons. The average molecular weight is 440 g/mol. The number of rotatable bonds is 6. The van der Waals surface area contributed by atoms with Crippen LogP contribution in [0.25, 0.3) is 17.1 Å². The third kappa shape index (κ3) is 3.39. The monoisotopic (exact) mass is 439 g/mol. The number of aryl methyl sites for hydroxylation is 2. The van der Waals surface area contributed by atoms with Crippen LogP contribution in [0.3, 0.4) is 0 Å². The molecule has 0 saturated heterocycles. The number of aromatic nitrogens is 4. The molecule has 0 radical (unpaired) electrons. The number of aromatic amines is 1. The van der Waals surface area contributed by atoms with Gasteiger partial charge in [0.15, 0.2) is 5.65 Å². The van der Waals surface area contributed by atoms with Gasteiger partial charge in [0.25, 0.3) is 0 Å². The first-order chi connectivity index (χ1) is 15.8. The van der Waals surface area contributed by atoms with Gasteiger partial charge in [-0.15, -0.1) is 0 Å². The van der Waals surface area contributed by atoms with E-state index < -0.39 is 0 Å². The van der Waals surface area contributed by atoms with Crippen molar-refractivity contribution in [1.29, 1.82) is 10.5 Å². The molecule has 0 unspecified atom stereocenters. The van der Waals surface area contributed by atoms with E-state index in [0.29, 0.717) is 17.5 Å². The van der Waals surface area contributed by atoms with Gasteiger partial charge in [-0.3, -0.25) is 5.10 Å². The predicted molar refractivity (Wildman–Crippen MR) is 125 cm³/mol. The summed E-state index contributed by atoms with van der Waals surface area (Å²) in [4.78, 5) is 9.41.